The van der Waals surface area contributed by atoms with E-state index in [1.54, 1.807) is 0 Å². The van der Waals surface area contributed by atoms with Crippen LogP contribution in [-0.2, 0) is 13.0 Å². The highest BCUT2D eigenvalue weighted by atomic mass is 16.5. The lowest BCUT2D eigenvalue weighted by Gasteiger charge is -2.10. The van der Waals surface area contributed by atoms with Crippen molar-refractivity contribution in [3.05, 3.63) is 59.9 Å². The molecule has 114 valence electrons. The molecule has 4 heteroatoms. The molecule has 1 heterocycles. The van der Waals surface area contributed by atoms with E-state index in [0.29, 0.717) is 6.61 Å². The minimum atomic E-state index is 0.690. The number of imidazole rings is 1. The highest BCUT2D eigenvalue weighted by Crippen LogP contribution is 2.17. The van der Waals surface area contributed by atoms with Gasteiger partial charge in [0.2, 0.25) is 0 Å². The Bertz CT molecular complexity index is 703. The number of nitrogens with zero attached hydrogens (tertiary/aromatic N) is 1. The predicted octanol–water partition coefficient (Wildman–Crippen LogP) is 3.29. The van der Waals surface area contributed by atoms with Crippen LogP contribution in [0.4, 0.5) is 0 Å². The smallest absolute Gasteiger partial charge is 0.123 e. The lowest BCUT2D eigenvalue weighted by atomic mass is 10.2. The van der Waals surface area contributed by atoms with Gasteiger partial charge in [-0.05, 0) is 25.1 Å². The third kappa shape index (κ3) is 3.46. The molecule has 0 aliphatic rings. The Morgan fingerprint density at radius 3 is 2.77 bits per heavy atom. The first-order valence-corrected chi connectivity index (χ1v) is 7.72. The van der Waals surface area contributed by atoms with Gasteiger partial charge in [-0.3, -0.25) is 0 Å². The fourth-order valence-electron chi connectivity index (χ4n) is 2.50. The van der Waals surface area contributed by atoms with E-state index in [9.17, 15) is 0 Å². The lowest BCUT2D eigenvalue weighted by Crippen LogP contribution is -2.17. The molecule has 0 radical (unpaired) electrons. The van der Waals surface area contributed by atoms with Crippen LogP contribution in [-0.4, -0.2) is 23.1 Å². The fraction of sp³-hybridized carbons (Fsp3) is 0.278. The van der Waals surface area contributed by atoms with Gasteiger partial charge in [-0.1, -0.05) is 30.3 Å². The van der Waals surface area contributed by atoms with Crippen molar-refractivity contribution in [2.24, 2.45) is 0 Å². The largest absolute Gasteiger partial charge is 0.494 e. The van der Waals surface area contributed by atoms with Crippen LogP contribution in [0.5, 0.6) is 5.75 Å². The molecule has 0 atom stereocenters. The highest BCUT2D eigenvalue weighted by molar-refractivity contribution is 5.74. The Kier molecular flexibility index (Phi) is 4.71. The van der Waals surface area contributed by atoms with E-state index in [2.05, 4.69) is 27.4 Å². The Labute approximate surface area is 130 Å². The zero-order valence-corrected chi connectivity index (χ0v) is 12.8. The summed E-state index contributed by atoms with van der Waals surface area (Å²) in [5.41, 5.74) is 3.31. The van der Waals surface area contributed by atoms with Gasteiger partial charge in [0.1, 0.15) is 11.6 Å². The zero-order chi connectivity index (χ0) is 15.2. The first kappa shape index (κ1) is 14.6. The summed E-state index contributed by atoms with van der Waals surface area (Å²) in [7, 11) is 0. The van der Waals surface area contributed by atoms with Crippen molar-refractivity contribution < 1.29 is 4.74 Å². The summed E-state index contributed by atoms with van der Waals surface area (Å²) in [5, 5.41) is 3.45. The second-order valence-electron chi connectivity index (χ2n) is 5.17. The van der Waals surface area contributed by atoms with Crippen molar-refractivity contribution in [1.82, 2.24) is 15.3 Å². The topological polar surface area (TPSA) is 49.9 Å². The molecular formula is C18H21N3O. The van der Waals surface area contributed by atoms with Crippen LogP contribution < -0.4 is 10.1 Å². The van der Waals surface area contributed by atoms with Crippen molar-refractivity contribution in [2.45, 2.75) is 19.9 Å². The van der Waals surface area contributed by atoms with E-state index in [0.717, 1.165) is 42.1 Å². The Morgan fingerprint density at radius 1 is 1.09 bits per heavy atom. The lowest BCUT2D eigenvalue weighted by molar-refractivity contribution is 0.335. The highest BCUT2D eigenvalue weighted by Gasteiger charge is 2.03. The van der Waals surface area contributed by atoms with Crippen molar-refractivity contribution in [1.29, 1.82) is 0 Å². The van der Waals surface area contributed by atoms with E-state index >= 15 is 0 Å². The third-order valence-corrected chi connectivity index (χ3v) is 3.56. The van der Waals surface area contributed by atoms with E-state index in [4.69, 9.17) is 4.74 Å². The number of fused-ring (bicyclic) bond motifs is 1. The number of ether oxygens (including phenoxy) is 1. The Hall–Kier alpha value is -2.33. The van der Waals surface area contributed by atoms with Gasteiger partial charge in [-0.15, -0.1) is 0 Å². The summed E-state index contributed by atoms with van der Waals surface area (Å²) in [6.45, 7) is 4.37. The average Bonchev–Trinajstić information content (AvgIpc) is 2.96. The molecule has 2 N–H and O–H groups in total. The van der Waals surface area contributed by atoms with Crippen molar-refractivity contribution in [3.8, 4) is 5.75 Å². The standard InChI is InChI=1S/C18H21N3O/c1-2-22-17-10-6-3-7-14(17)13-19-12-11-18-20-15-8-4-5-9-16(15)21-18/h3-10,19H,2,11-13H2,1H3,(H,20,21). The minimum absolute atomic E-state index is 0.690. The molecule has 0 aliphatic heterocycles. The van der Waals surface area contributed by atoms with E-state index in [1.165, 1.54) is 5.56 Å². The molecule has 0 bridgehead atoms. The summed E-state index contributed by atoms with van der Waals surface area (Å²) < 4.78 is 5.63. The normalized spacial score (nSPS) is 11.0. The molecule has 0 fully saturated rings. The van der Waals surface area contributed by atoms with Gasteiger partial charge in [0.15, 0.2) is 0 Å². The fourth-order valence-corrected chi connectivity index (χ4v) is 2.50. The van der Waals surface area contributed by atoms with E-state index in [-0.39, 0.29) is 0 Å². The third-order valence-electron chi connectivity index (χ3n) is 3.56. The van der Waals surface area contributed by atoms with Gasteiger partial charge in [0.05, 0.1) is 17.6 Å². The van der Waals surface area contributed by atoms with Crippen LogP contribution in [0, 0.1) is 0 Å². The van der Waals surface area contributed by atoms with Crippen molar-refractivity contribution in [3.63, 3.8) is 0 Å². The van der Waals surface area contributed by atoms with Gasteiger partial charge in [0, 0.05) is 25.1 Å². The van der Waals surface area contributed by atoms with Crippen molar-refractivity contribution in [2.75, 3.05) is 13.2 Å². The molecule has 1 aromatic heterocycles. The summed E-state index contributed by atoms with van der Waals surface area (Å²) in [6.07, 6.45) is 0.880. The Balaban J connectivity index is 1.53. The molecule has 0 unspecified atom stereocenters. The van der Waals surface area contributed by atoms with Crippen LogP contribution in [0.3, 0.4) is 0 Å². The number of nitrogens with one attached hydrogen (secondary N) is 2. The Morgan fingerprint density at radius 2 is 1.91 bits per heavy atom. The minimum Gasteiger partial charge on any atom is -0.494 e. The molecule has 22 heavy (non-hydrogen) atoms. The number of rotatable bonds is 7. The predicted molar refractivity (Wildman–Crippen MR) is 89.1 cm³/mol. The molecule has 0 spiro atoms. The maximum absolute atomic E-state index is 5.63. The average molecular weight is 295 g/mol. The first-order valence-electron chi connectivity index (χ1n) is 7.72. The first-order chi connectivity index (χ1) is 10.9. The number of H-pyrrole nitrogens is 1. The monoisotopic (exact) mass is 295 g/mol. The summed E-state index contributed by atoms with van der Waals surface area (Å²) in [4.78, 5) is 7.93. The molecule has 0 aliphatic carbocycles. The van der Waals surface area contributed by atoms with Crippen LogP contribution in [0.15, 0.2) is 48.5 Å². The second kappa shape index (κ2) is 7.09. The molecule has 2 aromatic carbocycles. The van der Waals surface area contributed by atoms with Crippen LogP contribution >= 0.6 is 0 Å². The van der Waals surface area contributed by atoms with Gasteiger partial charge >= 0.3 is 0 Å². The number of hydrogen-bond acceptors (Lipinski definition) is 3. The van der Waals surface area contributed by atoms with Gasteiger partial charge in [-0.2, -0.15) is 0 Å². The quantitative estimate of drug-likeness (QED) is 0.658. The summed E-state index contributed by atoms with van der Waals surface area (Å²) >= 11 is 0. The van der Waals surface area contributed by atoms with Gasteiger partial charge < -0.3 is 15.0 Å². The number of aromatic nitrogens is 2. The molecule has 0 saturated carbocycles. The SMILES string of the molecule is CCOc1ccccc1CNCCc1nc2ccccc2[nH]1. The van der Waals surface area contributed by atoms with Crippen LogP contribution in [0.1, 0.15) is 18.3 Å². The number of hydrogen-bond donors (Lipinski definition) is 2. The van der Waals surface area contributed by atoms with Crippen LogP contribution in [0.2, 0.25) is 0 Å². The molecule has 0 saturated heterocycles. The molecular weight excluding hydrogens is 274 g/mol. The molecule has 3 aromatic rings. The van der Waals surface area contributed by atoms with Crippen LogP contribution in [0.25, 0.3) is 11.0 Å². The molecule has 4 nitrogen and oxygen atoms in total. The van der Waals surface area contributed by atoms with Gasteiger partial charge in [-0.25, -0.2) is 4.98 Å². The number of para-hydroxylation sites is 3. The zero-order valence-electron chi connectivity index (χ0n) is 12.8. The maximum Gasteiger partial charge on any atom is 0.123 e. The maximum atomic E-state index is 5.63. The molecule has 0 amide bonds. The van der Waals surface area contributed by atoms with E-state index in [1.807, 2.05) is 43.3 Å². The number of aromatic amines is 1. The summed E-state index contributed by atoms with van der Waals surface area (Å²) in [6, 6.07) is 16.3. The molecule has 3 rings (SSSR count). The van der Waals surface area contributed by atoms with Crippen molar-refractivity contribution >= 4 is 11.0 Å². The van der Waals surface area contributed by atoms with E-state index < -0.39 is 0 Å². The second-order valence-corrected chi connectivity index (χ2v) is 5.17. The number of benzene rings is 2. The summed E-state index contributed by atoms with van der Waals surface area (Å²) in [5.74, 6) is 1.98. The van der Waals surface area contributed by atoms with Gasteiger partial charge in [0.25, 0.3) is 0 Å².